The van der Waals surface area contributed by atoms with E-state index in [0.29, 0.717) is 5.56 Å². The molecule has 0 fully saturated rings. The summed E-state index contributed by atoms with van der Waals surface area (Å²) < 4.78 is 3.75. The maximum atomic E-state index is 12.9. The summed E-state index contributed by atoms with van der Waals surface area (Å²) in [5, 5.41) is 7.39. The van der Waals surface area contributed by atoms with E-state index in [-0.39, 0.29) is 5.91 Å². The van der Waals surface area contributed by atoms with Crippen molar-refractivity contribution in [1.29, 1.82) is 0 Å². The van der Waals surface area contributed by atoms with E-state index >= 15 is 0 Å². The van der Waals surface area contributed by atoms with Crippen LogP contribution in [0.15, 0.2) is 42.7 Å². The van der Waals surface area contributed by atoms with Crippen molar-refractivity contribution in [2.24, 2.45) is 7.05 Å². The van der Waals surface area contributed by atoms with Crippen LogP contribution in [0, 0.1) is 27.7 Å². The third kappa shape index (κ3) is 2.97. The van der Waals surface area contributed by atoms with E-state index in [1.165, 1.54) is 0 Å². The molecule has 0 spiro atoms. The van der Waals surface area contributed by atoms with Gasteiger partial charge in [-0.05, 0) is 51.0 Å². The van der Waals surface area contributed by atoms with Crippen molar-refractivity contribution in [2.75, 3.05) is 5.32 Å². The van der Waals surface area contributed by atoms with Crippen LogP contribution in [0.25, 0.3) is 16.9 Å². The highest BCUT2D eigenvalue weighted by Crippen LogP contribution is 2.27. The second-order valence-electron chi connectivity index (χ2n) is 7.20. The Morgan fingerprint density at radius 2 is 1.86 bits per heavy atom. The SMILES string of the molecule is Cc1ccc(-c2cn3cccc(C)c3n2)cc1NC(=O)c1c(C)nn(C)c1C. The number of benzene rings is 1. The number of anilines is 1. The Labute approximate surface area is 163 Å². The molecule has 6 nitrogen and oxygen atoms in total. The molecule has 142 valence electrons. The average Bonchev–Trinajstić information content (AvgIpc) is 3.19. The van der Waals surface area contributed by atoms with Gasteiger partial charge in [0.1, 0.15) is 5.65 Å². The van der Waals surface area contributed by atoms with Crippen LogP contribution < -0.4 is 5.32 Å². The van der Waals surface area contributed by atoms with E-state index in [1.54, 1.807) is 4.68 Å². The van der Waals surface area contributed by atoms with Gasteiger partial charge in [-0.1, -0.05) is 18.2 Å². The molecule has 6 heteroatoms. The fraction of sp³-hybridized carbons (Fsp3) is 0.227. The highest BCUT2D eigenvalue weighted by Gasteiger charge is 2.18. The predicted molar refractivity (Wildman–Crippen MR) is 111 cm³/mol. The number of rotatable bonds is 3. The van der Waals surface area contributed by atoms with E-state index < -0.39 is 0 Å². The van der Waals surface area contributed by atoms with Crippen LogP contribution in [0.3, 0.4) is 0 Å². The number of nitrogens with one attached hydrogen (secondary N) is 1. The van der Waals surface area contributed by atoms with Crippen LogP contribution in [-0.2, 0) is 7.05 Å². The van der Waals surface area contributed by atoms with E-state index in [1.807, 2.05) is 81.9 Å². The molecular weight excluding hydrogens is 350 g/mol. The van der Waals surface area contributed by atoms with Crippen molar-refractivity contribution >= 4 is 17.2 Å². The molecule has 1 aromatic carbocycles. The lowest BCUT2D eigenvalue weighted by molar-refractivity contribution is 0.102. The van der Waals surface area contributed by atoms with Crippen LogP contribution in [0.4, 0.5) is 5.69 Å². The number of carbonyl (C=O) groups is 1. The van der Waals surface area contributed by atoms with Gasteiger partial charge in [-0.15, -0.1) is 0 Å². The molecule has 1 N–H and O–H groups in total. The number of aromatic nitrogens is 4. The summed E-state index contributed by atoms with van der Waals surface area (Å²) in [6.07, 6.45) is 4.00. The fourth-order valence-corrected chi connectivity index (χ4v) is 3.50. The van der Waals surface area contributed by atoms with Gasteiger partial charge in [0.2, 0.25) is 0 Å². The molecule has 0 bridgehead atoms. The number of carbonyl (C=O) groups excluding carboxylic acids is 1. The number of hydrogen-bond donors (Lipinski definition) is 1. The van der Waals surface area contributed by atoms with Gasteiger partial charge in [0, 0.05) is 36.4 Å². The van der Waals surface area contributed by atoms with Gasteiger partial charge < -0.3 is 9.72 Å². The number of fused-ring (bicyclic) bond motifs is 1. The maximum Gasteiger partial charge on any atom is 0.259 e. The molecule has 0 saturated heterocycles. The normalized spacial score (nSPS) is 11.2. The highest BCUT2D eigenvalue weighted by atomic mass is 16.1. The lowest BCUT2D eigenvalue weighted by Gasteiger charge is -2.10. The lowest BCUT2D eigenvalue weighted by atomic mass is 10.1. The molecule has 0 aliphatic heterocycles. The predicted octanol–water partition coefficient (Wildman–Crippen LogP) is 4.22. The van der Waals surface area contributed by atoms with Crippen molar-refractivity contribution < 1.29 is 4.79 Å². The van der Waals surface area contributed by atoms with Gasteiger partial charge in [-0.25, -0.2) is 4.98 Å². The molecule has 0 aliphatic carbocycles. The van der Waals surface area contributed by atoms with E-state index in [2.05, 4.69) is 10.4 Å². The quantitative estimate of drug-likeness (QED) is 0.585. The van der Waals surface area contributed by atoms with Gasteiger partial charge in [0.05, 0.1) is 17.0 Å². The Morgan fingerprint density at radius 3 is 2.54 bits per heavy atom. The van der Waals surface area contributed by atoms with Crippen LogP contribution in [0.1, 0.15) is 32.9 Å². The molecule has 0 radical (unpaired) electrons. The standard InChI is InChI=1S/C22H23N5O/c1-13-8-9-17(19-12-27-10-6-7-14(2)21(27)23-19)11-18(13)24-22(28)20-15(3)25-26(5)16(20)4/h6-12H,1-5H3,(H,24,28). The zero-order valence-corrected chi connectivity index (χ0v) is 16.7. The molecule has 1 amide bonds. The third-order valence-corrected chi connectivity index (χ3v) is 5.20. The summed E-state index contributed by atoms with van der Waals surface area (Å²) in [4.78, 5) is 17.6. The zero-order valence-electron chi connectivity index (χ0n) is 16.7. The molecule has 3 aromatic heterocycles. The lowest BCUT2D eigenvalue weighted by Crippen LogP contribution is -2.15. The summed E-state index contributed by atoms with van der Waals surface area (Å²) >= 11 is 0. The first kappa shape index (κ1) is 18.0. The molecule has 28 heavy (non-hydrogen) atoms. The number of aryl methyl sites for hydroxylation is 4. The maximum absolute atomic E-state index is 12.9. The van der Waals surface area contributed by atoms with Gasteiger partial charge in [0.15, 0.2) is 0 Å². The highest BCUT2D eigenvalue weighted by molar-refractivity contribution is 6.06. The molecule has 3 heterocycles. The third-order valence-electron chi connectivity index (χ3n) is 5.20. The largest absolute Gasteiger partial charge is 0.322 e. The first-order valence-corrected chi connectivity index (χ1v) is 9.22. The van der Waals surface area contributed by atoms with Crippen molar-refractivity contribution in [3.8, 4) is 11.3 Å². The minimum atomic E-state index is -0.144. The van der Waals surface area contributed by atoms with Crippen molar-refractivity contribution in [1.82, 2.24) is 19.2 Å². The molecule has 0 saturated carbocycles. The van der Waals surface area contributed by atoms with Crippen LogP contribution in [0.2, 0.25) is 0 Å². The monoisotopic (exact) mass is 373 g/mol. The first-order valence-electron chi connectivity index (χ1n) is 9.22. The Kier molecular flexibility index (Phi) is 4.26. The number of pyridine rings is 1. The zero-order chi connectivity index (χ0) is 20.0. The van der Waals surface area contributed by atoms with Crippen LogP contribution in [-0.4, -0.2) is 25.1 Å². The minimum Gasteiger partial charge on any atom is -0.322 e. The molecular formula is C22H23N5O. The molecule has 0 unspecified atom stereocenters. The van der Waals surface area contributed by atoms with Crippen LogP contribution in [0.5, 0.6) is 0 Å². The van der Waals surface area contributed by atoms with Gasteiger partial charge in [-0.2, -0.15) is 5.10 Å². The summed E-state index contributed by atoms with van der Waals surface area (Å²) in [5.41, 5.74) is 7.86. The topological polar surface area (TPSA) is 64.2 Å². The smallest absolute Gasteiger partial charge is 0.259 e. The number of amides is 1. The van der Waals surface area contributed by atoms with Gasteiger partial charge in [-0.3, -0.25) is 9.48 Å². The Morgan fingerprint density at radius 1 is 1.07 bits per heavy atom. The van der Waals surface area contributed by atoms with Gasteiger partial charge >= 0.3 is 0 Å². The summed E-state index contributed by atoms with van der Waals surface area (Å²) in [7, 11) is 1.84. The minimum absolute atomic E-state index is 0.144. The molecule has 0 atom stereocenters. The number of imidazole rings is 1. The molecule has 4 aromatic rings. The number of nitrogens with zero attached hydrogens (tertiary/aromatic N) is 4. The van der Waals surface area contributed by atoms with Crippen molar-refractivity contribution in [3.63, 3.8) is 0 Å². The Hall–Kier alpha value is -3.41. The van der Waals surface area contributed by atoms with Crippen LogP contribution >= 0.6 is 0 Å². The molecule has 0 aliphatic rings. The second kappa shape index (κ2) is 6.64. The Balaban J connectivity index is 1.71. The summed E-state index contributed by atoms with van der Waals surface area (Å²) in [6, 6.07) is 10.1. The molecule has 4 rings (SSSR count). The van der Waals surface area contributed by atoms with Crippen molar-refractivity contribution in [3.05, 3.63) is 70.8 Å². The van der Waals surface area contributed by atoms with E-state index in [4.69, 9.17) is 4.98 Å². The second-order valence-corrected chi connectivity index (χ2v) is 7.20. The first-order chi connectivity index (χ1) is 13.3. The Bertz CT molecular complexity index is 1220. The van der Waals surface area contributed by atoms with E-state index in [9.17, 15) is 4.79 Å². The summed E-state index contributed by atoms with van der Waals surface area (Å²) in [6.45, 7) is 7.78. The van der Waals surface area contributed by atoms with Crippen molar-refractivity contribution in [2.45, 2.75) is 27.7 Å². The summed E-state index contributed by atoms with van der Waals surface area (Å²) in [5.74, 6) is -0.144. The van der Waals surface area contributed by atoms with E-state index in [0.717, 1.165) is 45.1 Å². The average molecular weight is 373 g/mol. The number of hydrogen-bond acceptors (Lipinski definition) is 3. The van der Waals surface area contributed by atoms with Gasteiger partial charge in [0.25, 0.3) is 5.91 Å². The fourth-order valence-electron chi connectivity index (χ4n) is 3.50.